The van der Waals surface area contributed by atoms with Crippen LogP contribution in [0.4, 0.5) is 4.79 Å². The second kappa shape index (κ2) is 8.65. The Bertz CT molecular complexity index is 969. The number of carbonyl (C=O) groups is 2. The third kappa shape index (κ3) is 3.81. The molecule has 4 unspecified atom stereocenters. The van der Waals surface area contributed by atoms with Crippen LogP contribution < -0.4 is 5.32 Å². The molecule has 5 rings (SSSR count). The zero-order valence-electron chi connectivity index (χ0n) is 18.7. The lowest BCUT2D eigenvalue weighted by Gasteiger charge is -2.45. The number of rotatable bonds is 5. The number of fused-ring (bicyclic) bond motifs is 3. The molecule has 2 aromatic rings. The fourth-order valence-electron chi connectivity index (χ4n) is 5.34. The summed E-state index contributed by atoms with van der Waals surface area (Å²) in [6, 6.07) is 19.8. The summed E-state index contributed by atoms with van der Waals surface area (Å²) in [6.07, 6.45) is 0.294. The van der Waals surface area contributed by atoms with E-state index >= 15 is 0 Å². The molecular weight excluding hydrogens is 402 g/mol. The number of hydrogen-bond acceptors (Lipinski definition) is 5. The number of nitrogens with zero attached hydrogens (tertiary/aromatic N) is 4. The number of amides is 3. The van der Waals surface area contributed by atoms with Crippen molar-refractivity contribution < 1.29 is 9.59 Å². The highest BCUT2D eigenvalue weighted by molar-refractivity contribution is 6.00. The minimum atomic E-state index is -0.362. The van der Waals surface area contributed by atoms with Gasteiger partial charge in [0, 0.05) is 33.2 Å². The maximum Gasteiger partial charge on any atom is 0.327 e. The average molecular weight is 434 g/mol. The van der Waals surface area contributed by atoms with Crippen LogP contribution in [0.2, 0.25) is 0 Å². The van der Waals surface area contributed by atoms with Crippen LogP contribution in [0.5, 0.6) is 0 Å². The highest BCUT2D eigenvalue weighted by atomic mass is 16.2. The van der Waals surface area contributed by atoms with E-state index in [0.717, 1.165) is 25.2 Å². The molecular formula is C25H31N5O2. The standard InChI is InChI=1S/C25H31N5O2/c1-18-15-28(17-20-11-7-4-8-12-20)24-26-22-21(30(24)16-18)23(31)29(25(32)27(22)2)14-13-19-9-5-3-6-10-19/h3-12,18,21-22,24,26H,13-17H2,1-2H3. The van der Waals surface area contributed by atoms with Crippen LogP contribution in [-0.4, -0.2) is 76.7 Å². The number of imide groups is 1. The lowest BCUT2D eigenvalue weighted by molar-refractivity contribution is -0.140. The van der Waals surface area contributed by atoms with E-state index in [1.165, 1.54) is 10.5 Å². The summed E-state index contributed by atoms with van der Waals surface area (Å²) >= 11 is 0. The SMILES string of the molecule is CC1CN(Cc2ccccc2)C2NC3C(C(=O)N(CCc4ccccc4)C(=O)N3C)N2C1. The van der Waals surface area contributed by atoms with Gasteiger partial charge >= 0.3 is 6.03 Å². The summed E-state index contributed by atoms with van der Waals surface area (Å²) in [6.45, 7) is 5.23. The van der Waals surface area contributed by atoms with Gasteiger partial charge in [-0.25, -0.2) is 4.79 Å². The van der Waals surface area contributed by atoms with Crippen molar-refractivity contribution in [3.8, 4) is 0 Å². The van der Waals surface area contributed by atoms with Gasteiger partial charge in [0.1, 0.15) is 18.5 Å². The number of carbonyl (C=O) groups excluding carboxylic acids is 2. The molecule has 3 amide bonds. The first-order valence-corrected chi connectivity index (χ1v) is 11.4. The van der Waals surface area contributed by atoms with Crippen molar-refractivity contribution >= 4 is 11.9 Å². The van der Waals surface area contributed by atoms with Crippen molar-refractivity contribution in [2.75, 3.05) is 26.7 Å². The molecule has 0 spiro atoms. The van der Waals surface area contributed by atoms with E-state index < -0.39 is 0 Å². The van der Waals surface area contributed by atoms with Crippen LogP contribution in [0.15, 0.2) is 60.7 Å². The lowest BCUT2D eigenvalue weighted by Crippen LogP contribution is -2.66. The van der Waals surface area contributed by atoms with Crippen LogP contribution in [0.3, 0.4) is 0 Å². The predicted molar refractivity (Wildman–Crippen MR) is 122 cm³/mol. The van der Waals surface area contributed by atoms with E-state index in [-0.39, 0.29) is 30.4 Å². The molecule has 3 aliphatic rings. The van der Waals surface area contributed by atoms with Crippen molar-refractivity contribution in [1.29, 1.82) is 0 Å². The van der Waals surface area contributed by atoms with Gasteiger partial charge < -0.3 is 4.90 Å². The quantitative estimate of drug-likeness (QED) is 0.783. The van der Waals surface area contributed by atoms with Gasteiger partial charge in [0.05, 0.1) is 0 Å². The molecule has 2 aromatic carbocycles. The van der Waals surface area contributed by atoms with Crippen LogP contribution >= 0.6 is 0 Å². The minimum absolute atomic E-state index is 0.0605. The largest absolute Gasteiger partial charge is 0.327 e. The minimum Gasteiger partial charge on any atom is -0.310 e. The number of hydrogen-bond donors (Lipinski definition) is 1. The second-order valence-corrected chi connectivity index (χ2v) is 9.27. The Balaban J connectivity index is 1.36. The van der Waals surface area contributed by atoms with Crippen molar-refractivity contribution in [3.63, 3.8) is 0 Å². The predicted octanol–water partition coefficient (Wildman–Crippen LogP) is 2.16. The normalized spacial score (nSPS) is 28.7. The Kier molecular flexibility index (Phi) is 5.71. The van der Waals surface area contributed by atoms with Crippen molar-refractivity contribution in [1.82, 2.24) is 24.9 Å². The van der Waals surface area contributed by atoms with E-state index in [9.17, 15) is 9.59 Å². The third-order valence-electron chi connectivity index (χ3n) is 6.87. The number of urea groups is 1. The molecule has 4 atom stereocenters. The third-order valence-corrected chi connectivity index (χ3v) is 6.87. The summed E-state index contributed by atoms with van der Waals surface area (Å²) in [5, 5.41) is 3.60. The maximum absolute atomic E-state index is 13.6. The molecule has 7 heteroatoms. The Morgan fingerprint density at radius 3 is 2.28 bits per heavy atom. The monoisotopic (exact) mass is 433 g/mol. The molecule has 1 N–H and O–H groups in total. The molecule has 3 saturated heterocycles. The first-order valence-electron chi connectivity index (χ1n) is 11.4. The number of likely N-dealkylation sites (N-methyl/N-ethyl adjacent to an activating group) is 1. The Hall–Kier alpha value is -2.74. The van der Waals surface area contributed by atoms with E-state index in [4.69, 9.17) is 0 Å². The van der Waals surface area contributed by atoms with Gasteiger partial charge in [0.2, 0.25) is 0 Å². The van der Waals surface area contributed by atoms with Gasteiger partial charge in [-0.3, -0.25) is 24.8 Å². The van der Waals surface area contributed by atoms with Crippen molar-refractivity contribution in [2.24, 2.45) is 5.92 Å². The summed E-state index contributed by atoms with van der Waals surface area (Å²) in [7, 11) is 1.80. The van der Waals surface area contributed by atoms with Crippen molar-refractivity contribution in [2.45, 2.75) is 38.4 Å². The first kappa shape index (κ1) is 21.1. The fourth-order valence-corrected chi connectivity index (χ4v) is 5.34. The fraction of sp³-hybridized carbons (Fsp3) is 0.440. The highest BCUT2D eigenvalue weighted by Crippen LogP contribution is 2.32. The van der Waals surface area contributed by atoms with Crippen LogP contribution in [0.25, 0.3) is 0 Å². The molecule has 0 radical (unpaired) electrons. The molecule has 7 nitrogen and oxygen atoms in total. The van der Waals surface area contributed by atoms with Gasteiger partial charge in [-0.2, -0.15) is 0 Å². The van der Waals surface area contributed by atoms with Crippen LogP contribution in [0.1, 0.15) is 18.1 Å². The van der Waals surface area contributed by atoms with Gasteiger partial charge in [-0.1, -0.05) is 67.6 Å². The van der Waals surface area contributed by atoms with Gasteiger partial charge in [0.15, 0.2) is 0 Å². The van der Waals surface area contributed by atoms with Crippen molar-refractivity contribution in [3.05, 3.63) is 71.8 Å². The molecule has 3 fully saturated rings. The lowest BCUT2D eigenvalue weighted by atomic mass is 10.0. The molecule has 0 saturated carbocycles. The Labute approximate surface area is 189 Å². The molecule has 3 aliphatic heterocycles. The first-order chi connectivity index (χ1) is 15.5. The molecule has 3 heterocycles. The summed E-state index contributed by atoms with van der Waals surface area (Å²) < 4.78 is 0. The summed E-state index contributed by atoms with van der Waals surface area (Å²) in [5.41, 5.74) is 2.37. The van der Waals surface area contributed by atoms with E-state index in [1.54, 1.807) is 11.9 Å². The summed E-state index contributed by atoms with van der Waals surface area (Å²) in [5.74, 6) is 0.349. The topological polar surface area (TPSA) is 59.1 Å². The van der Waals surface area contributed by atoms with E-state index in [0.29, 0.717) is 18.9 Å². The number of benzene rings is 2. The highest BCUT2D eigenvalue weighted by Gasteiger charge is 2.56. The molecule has 0 aliphatic carbocycles. The maximum atomic E-state index is 13.6. The molecule has 0 bridgehead atoms. The molecule has 0 aromatic heterocycles. The van der Waals surface area contributed by atoms with E-state index in [2.05, 4.69) is 46.3 Å². The van der Waals surface area contributed by atoms with Crippen LogP contribution in [0, 0.1) is 5.92 Å². The van der Waals surface area contributed by atoms with E-state index in [1.807, 2.05) is 36.4 Å². The van der Waals surface area contributed by atoms with Gasteiger partial charge in [-0.15, -0.1) is 0 Å². The Morgan fingerprint density at radius 1 is 0.938 bits per heavy atom. The number of nitrogens with one attached hydrogen (secondary N) is 1. The Morgan fingerprint density at radius 2 is 1.59 bits per heavy atom. The smallest absolute Gasteiger partial charge is 0.310 e. The zero-order chi connectivity index (χ0) is 22.2. The summed E-state index contributed by atoms with van der Waals surface area (Å²) in [4.78, 5) is 34.5. The molecule has 32 heavy (non-hydrogen) atoms. The average Bonchev–Trinajstić information content (AvgIpc) is 3.19. The van der Waals surface area contributed by atoms with Gasteiger partial charge in [0.25, 0.3) is 5.91 Å². The second-order valence-electron chi connectivity index (χ2n) is 9.27. The van der Waals surface area contributed by atoms with Gasteiger partial charge in [-0.05, 0) is 23.5 Å². The molecule has 168 valence electrons. The zero-order valence-corrected chi connectivity index (χ0v) is 18.7. The van der Waals surface area contributed by atoms with Crippen LogP contribution in [-0.2, 0) is 17.8 Å².